The van der Waals surface area contributed by atoms with Crippen LogP contribution in [0.3, 0.4) is 0 Å². The van der Waals surface area contributed by atoms with Crippen molar-refractivity contribution in [2.75, 3.05) is 0 Å². The van der Waals surface area contributed by atoms with E-state index in [1.54, 1.807) is 12.3 Å². The Labute approximate surface area is 119 Å². The molecule has 0 radical (unpaired) electrons. The lowest BCUT2D eigenvalue weighted by atomic mass is 10.1. The Morgan fingerprint density at radius 3 is 2.70 bits per heavy atom. The standard InChI is InChI=1S/C16H21N3O/c1-4-14(5-2)19-10-8-13(18-19)11-16(20)15-7-6-9-17-12(15)3/h6-10,14H,4-5,11H2,1-3H3. The predicted octanol–water partition coefficient (Wildman–Crippen LogP) is 3.37. The summed E-state index contributed by atoms with van der Waals surface area (Å²) < 4.78 is 1.97. The number of hydrogen-bond donors (Lipinski definition) is 0. The minimum Gasteiger partial charge on any atom is -0.294 e. The van der Waals surface area contributed by atoms with Crippen LogP contribution in [0.5, 0.6) is 0 Å². The van der Waals surface area contributed by atoms with E-state index in [2.05, 4.69) is 23.9 Å². The maximum absolute atomic E-state index is 12.3. The van der Waals surface area contributed by atoms with Crippen molar-refractivity contribution >= 4 is 5.78 Å². The van der Waals surface area contributed by atoms with Crippen molar-refractivity contribution in [3.05, 3.63) is 47.5 Å². The number of pyridine rings is 1. The molecular weight excluding hydrogens is 250 g/mol. The minimum absolute atomic E-state index is 0.0744. The molecule has 2 aromatic heterocycles. The van der Waals surface area contributed by atoms with Gasteiger partial charge in [-0.25, -0.2) is 0 Å². The van der Waals surface area contributed by atoms with Crippen molar-refractivity contribution < 1.29 is 4.79 Å². The number of Topliss-reactive ketones (excluding diaryl/α,β-unsaturated/α-hetero) is 1. The topological polar surface area (TPSA) is 47.8 Å². The number of carbonyl (C=O) groups is 1. The van der Waals surface area contributed by atoms with E-state index in [1.165, 1.54) is 0 Å². The Hall–Kier alpha value is -1.97. The van der Waals surface area contributed by atoms with Gasteiger partial charge in [-0.1, -0.05) is 13.8 Å². The van der Waals surface area contributed by atoms with E-state index < -0.39 is 0 Å². The van der Waals surface area contributed by atoms with Crippen molar-refractivity contribution in [1.29, 1.82) is 0 Å². The maximum Gasteiger partial charge on any atom is 0.170 e. The lowest BCUT2D eigenvalue weighted by molar-refractivity contribution is 0.0990. The molecule has 0 spiro atoms. The van der Waals surface area contributed by atoms with Crippen LogP contribution in [-0.2, 0) is 6.42 Å². The zero-order chi connectivity index (χ0) is 14.5. The fourth-order valence-electron chi connectivity index (χ4n) is 2.38. The van der Waals surface area contributed by atoms with Crippen LogP contribution in [0.25, 0.3) is 0 Å². The summed E-state index contributed by atoms with van der Waals surface area (Å²) in [4.78, 5) is 16.4. The highest BCUT2D eigenvalue weighted by atomic mass is 16.1. The molecule has 4 heteroatoms. The van der Waals surface area contributed by atoms with Gasteiger partial charge in [0, 0.05) is 23.7 Å². The van der Waals surface area contributed by atoms with Gasteiger partial charge in [0.15, 0.2) is 5.78 Å². The fourth-order valence-corrected chi connectivity index (χ4v) is 2.38. The smallest absolute Gasteiger partial charge is 0.170 e. The van der Waals surface area contributed by atoms with Crippen LogP contribution < -0.4 is 0 Å². The molecule has 0 N–H and O–H groups in total. The summed E-state index contributed by atoms with van der Waals surface area (Å²) in [7, 11) is 0. The average molecular weight is 271 g/mol. The fraction of sp³-hybridized carbons (Fsp3) is 0.438. The largest absolute Gasteiger partial charge is 0.294 e. The maximum atomic E-state index is 12.3. The molecule has 0 saturated heterocycles. The number of hydrogen-bond acceptors (Lipinski definition) is 3. The first-order valence-corrected chi connectivity index (χ1v) is 7.14. The molecule has 2 aromatic rings. The lowest BCUT2D eigenvalue weighted by Gasteiger charge is -2.12. The summed E-state index contributed by atoms with van der Waals surface area (Å²) in [6, 6.07) is 5.96. The van der Waals surface area contributed by atoms with Gasteiger partial charge in [-0.15, -0.1) is 0 Å². The van der Waals surface area contributed by atoms with Crippen LogP contribution in [-0.4, -0.2) is 20.5 Å². The lowest BCUT2D eigenvalue weighted by Crippen LogP contribution is -2.10. The second-order valence-electron chi connectivity index (χ2n) is 4.99. The molecule has 0 aromatic carbocycles. The first kappa shape index (κ1) is 14.4. The molecule has 20 heavy (non-hydrogen) atoms. The first-order chi connectivity index (χ1) is 9.65. The van der Waals surface area contributed by atoms with Crippen molar-refractivity contribution in [2.24, 2.45) is 0 Å². The third-order valence-corrected chi connectivity index (χ3v) is 3.63. The van der Waals surface area contributed by atoms with E-state index in [4.69, 9.17) is 0 Å². The number of rotatable bonds is 6. The van der Waals surface area contributed by atoms with E-state index in [1.807, 2.05) is 29.9 Å². The number of aryl methyl sites for hydroxylation is 1. The van der Waals surface area contributed by atoms with Crippen LogP contribution in [0.15, 0.2) is 30.6 Å². The van der Waals surface area contributed by atoms with Crippen molar-refractivity contribution in [3.63, 3.8) is 0 Å². The Bertz CT molecular complexity index is 585. The molecule has 0 atom stereocenters. The van der Waals surface area contributed by atoms with Crippen molar-refractivity contribution in [1.82, 2.24) is 14.8 Å². The third kappa shape index (κ3) is 3.13. The monoisotopic (exact) mass is 271 g/mol. The van der Waals surface area contributed by atoms with E-state index in [0.29, 0.717) is 18.0 Å². The summed E-state index contributed by atoms with van der Waals surface area (Å²) in [5.41, 5.74) is 2.28. The van der Waals surface area contributed by atoms with Gasteiger partial charge in [0.25, 0.3) is 0 Å². The second-order valence-corrected chi connectivity index (χ2v) is 4.99. The molecule has 0 fully saturated rings. The van der Waals surface area contributed by atoms with Gasteiger partial charge < -0.3 is 0 Å². The highest BCUT2D eigenvalue weighted by Gasteiger charge is 2.13. The highest BCUT2D eigenvalue weighted by molar-refractivity contribution is 5.98. The number of carbonyl (C=O) groups excluding carboxylic acids is 1. The SMILES string of the molecule is CCC(CC)n1ccc(CC(=O)c2cccnc2C)n1. The van der Waals surface area contributed by atoms with Crippen molar-refractivity contribution in [2.45, 2.75) is 46.1 Å². The Morgan fingerprint density at radius 1 is 1.30 bits per heavy atom. The second kappa shape index (κ2) is 6.46. The summed E-state index contributed by atoms with van der Waals surface area (Å²) in [6.07, 6.45) is 6.10. The van der Waals surface area contributed by atoms with Crippen LogP contribution >= 0.6 is 0 Å². The Balaban J connectivity index is 2.11. The molecule has 2 rings (SSSR count). The Morgan fingerprint density at radius 2 is 2.05 bits per heavy atom. The van der Waals surface area contributed by atoms with Gasteiger partial charge in [-0.2, -0.15) is 5.10 Å². The zero-order valence-corrected chi connectivity index (χ0v) is 12.3. The zero-order valence-electron chi connectivity index (χ0n) is 12.3. The van der Waals surface area contributed by atoms with Gasteiger partial charge in [0.05, 0.1) is 18.2 Å². The van der Waals surface area contributed by atoms with E-state index in [9.17, 15) is 4.79 Å². The van der Waals surface area contributed by atoms with Gasteiger partial charge in [-0.05, 0) is 38.0 Å². The van der Waals surface area contributed by atoms with Crippen LogP contribution in [0.4, 0.5) is 0 Å². The molecule has 4 nitrogen and oxygen atoms in total. The summed E-state index contributed by atoms with van der Waals surface area (Å²) in [6.45, 7) is 6.16. The number of nitrogens with zero attached hydrogens (tertiary/aromatic N) is 3. The molecule has 0 amide bonds. The Kier molecular flexibility index (Phi) is 4.66. The quantitative estimate of drug-likeness (QED) is 0.757. The average Bonchev–Trinajstić information content (AvgIpc) is 2.89. The first-order valence-electron chi connectivity index (χ1n) is 7.14. The van der Waals surface area contributed by atoms with E-state index in [-0.39, 0.29) is 5.78 Å². The van der Waals surface area contributed by atoms with Gasteiger partial charge >= 0.3 is 0 Å². The molecule has 0 saturated carbocycles. The molecular formula is C16H21N3O. The molecule has 0 bridgehead atoms. The number of ketones is 1. The van der Waals surface area contributed by atoms with Crippen LogP contribution in [0, 0.1) is 6.92 Å². The molecule has 0 unspecified atom stereocenters. The highest BCUT2D eigenvalue weighted by Crippen LogP contribution is 2.15. The third-order valence-electron chi connectivity index (χ3n) is 3.63. The van der Waals surface area contributed by atoms with Crippen LogP contribution in [0.1, 0.15) is 54.5 Å². The molecule has 0 aliphatic carbocycles. The van der Waals surface area contributed by atoms with Crippen LogP contribution in [0.2, 0.25) is 0 Å². The number of aromatic nitrogens is 3. The van der Waals surface area contributed by atoms with E-state index >= 15 is 0 Å². The molecule has 0 aliphatic rings. The minimum atomic E-state index is 0.0744. The predicted molar refractivity (Wildman–Crippen MR) is 78.9 cm³/mol. The van der Waals surface area contributed by atoms with Gasteiger partial charge in [-0.3, -0.25) is 14.5 Å². The molecule has 106 valence electrons. The molecule has 0 aliphatic heterocycles. The van der Waals surface area contributed by atoms with Crippen molar-refractivity contribution in [3.8, 4) is 0 Å². The van der Waals surface area contributed by atoms with Gasteiger partial charge in [0.2, 0.25) is 0 Å². The van der Waals surface area contributed by atoms with Gasteiger partial charge in [0.1, 0.15) is 0 Å². The normalized spacial score (nSPS) is 11.0. The van der Waals surface area contributed by atoms with E-state index in [0.717, 1.165) is 24.2 Å². The summed E-state index contributed by atoms with van der Waals surface area (Å²) in [5.74, 6) is 0.0744. The molecule has 2 heterocycles. The summed E-state index contributed by atoms with van der Waals surface area (Å²) >= 11 is 0. The summed E-state index contributed by atoms with van der Waals surface area (Å²) in [5, 5.41) is 4.52.